The zero-order chi connectivity index (χ0) is 13.8. The number of halogens is 1. The van der Waals surface area contributed by atoms with Gasteiger partial charge in [0.05, 0.1) is 12.8 Å². The molecule has 1 aromatic carbocycles. The minimum Gasteiger partial charge on any atom is -0.480 e. The molecule has 0 bridgehead atoms. The molecule has 1 amide bonds. The van der Waals surface area contributed by atoms with Crippen LogP contribution in [0.25, 0.3) is 0 Å². The lowest BCUT2D eigenvalue weighted by molar-refractivity contribution is 0.102. The highest BCUT2D eigenvalue weighted by Crippen LogP contribution is 2.19. The van der Waals surface area contributed by atoms with Crippen molar-refractivity contribution < 1.29 is 13.9 Å². The lowest BCUT2D eigenvalue weighted by Gasteiger charge is -2.08. The van der Waals surface area contributed by atoms with Gasteiger partial charge in [0.25, 0.3) is 5.91 Å². The molecule has 19 heavy (non-hydrogen) atoms. The molecule has 0 fully saturated rings. The number of benzene rings is 1. The van der Waals surface area contributed by atoms with Gasteiger partial charge in [-0.15, -0.1) is 0 Å². The van der Waals surface area contributed by atoms with Gasteiger partial charge in [0.1, 0.15) is 11.4 Å². The van der Waals surface area contributed by atoms with Crippen molar-refractivity contribution in [1.82, 2.24) is 4.98 Å². The molecule has 0 aliphatic rings. The minimum atomic E-state index is -0.587. The lowest BCUT2D eigenvalue weighted by Crippen LogP contribution is -2.14. The molecule has 0 saturated heterocycles. The summed E-state index contributed by atoms with van der Waals surface area (Å²) in [7, 11) is 1.42. The van der Waals surface area contributed by atoms with Gasteiger partial charge in [0.15, 0.2) is 0 Å². The van der Waals surface area contributed by atoms with Crippen LogP contribution in [0.4, 0.5) is 15.8 Å². The Kier molecular flexibility index (Phi) is 3.61. The van der Waals surface area contributed by atoms with Gasteiger partial charge in [-0.05, 0) is 30.3 Å². The average Bonchev–Trinajstić information content (AvgIpc) is 2.43. The Bertz CT molecular complexity index is 617. The van der Waals surface area contributed by atoms with Crippen LogP contribution in [0.5, 0.6) is 5.88 Å². The summed E-state index contributed by atoms with van der Waals surface area (Å²) < 4.78 is 18.2. The molecule has 98 valence electrons. The first-order chi connectivity index (χ1) is 9.11. The van der Waals surface area contributed by atoms with Crippen LogP contribution >= 0.6 is 0 Å². The normalized spacial score (nSPS) is 10.0. The van der Waals surface area contributed by atoms with Gasteiger partial charge in [-0.1, -0.05) is 0 Å². The Balaban J connectivity index is 2.23. The first-order valence-electron chi connectivity index (χ1n) is 5.47. The third-order valence-electron chi connectivity index (χ3n) is 2.47. The topological polar surface area (TPSA) is 77.2 Å². The predicted molar refractivity (Wildman–Crippen MR) is 69.6 cm³/mol. The van der Waals surface area contributed by atoms with Gasteiger partial charge in [0, 0.05) is 11.9 Å². The summed E-state index contributed by atoms with van der Waals surface area (Å²) in [4.78, 5) is 15.9. The van der Waals surface area contributed by atoms with E-state index in [1.165, 1.54) is 25.4 Å². The van der Waals surface area contributed by atoms with E-state index in [-0.39, 0.29) is 17.1 Å². The average molecular weight is 261 g/mol. The molecule has 0 saturated carbocycles. The van der Waals surface area contributed by atoms with Gasteiger partial charge in [0.2, 0.25) is 5.88 Å². The molecular formula is C13H12FN3O2. The summed E-state index contributed by atoms with van der Waals surface area (Å²) in [6.45, 7) is 0. The van der Waals surface area contributed by atoms with Crippen LogP contribution in [0, 0.1) is 5.82 Å². The highest BCUT2D eigenvalue weighted by molar-refractivity contribution is 6.05. The van der Waals surface area contributed by atoms with E-state index < -0.39 is 11.7 Å². The number of nitrogens with zero attached hydrogens (tertiary/aromatic N) is 1. The number of nitrogens with two attached hydrogens (primary N) is 1. The number of aromatic nitrogens is 1. The number of rotatable bonds is 3. The first kappa shape index (κ1) is 12.8. The Hall–Kier alpha value is -2.63. The molecule has 0 aliphatic carbocycles. The van der Waals surface area contributed by atoms with Gasteiger partial charge < -0.3 is 15.8 Å². The molecule has 6 heteroatoms. The SMILES string of the molecule is COc1ncccc1C(=O)Nc1ccc(N)c(F)c1. The quantitative estimate of drug-likeness (QED) is 0.829. The predicted octanol–water partition coefficient (Wildman–Crippen LogP) is 2.06. The van der Waals surface area contributed by atoms with Crippen LogP contribution in [-0.2, 0) is 0 Å². The number of amides is 1. The van der Waals surface area contributed by atoms with Gasteiger partial charge >= 0.3 is 0 Å². The number of carbonyl (C=O) groups is 1. The molecule has 5 nitrogen and oxygen atoms in total. The molecular weight excluding hydrogens is 249 g/mol. The van der Waals surface area contributed by atoms with Crippen molar-refractivity contribution in [3.8, 4) is 5.88 Å². The van der Waals surface area contributed by atoms with Crippen LogP contribution in [0.3, 0.4) is 0 Å². The molecule has 2 aromatic rings. The second-order valence-electron chi connectivity index (χ2n) is 3.75. The van der Waals surface area contributed by atoms with E-state index in [0.29, 0.717) is 5.69 Å². The van der Waals surface area contributed by atoms with Crippen molar-refractivity contribution in [3.05, 3.63) is 47.9 Å². The fraction of sp³-hybridized carbons (Fsp3) is 0.0769. The third-order valence-corrected chi connectivity index (χ3v) is 2.47. The van der Waals surface area contributed by atoms with E-state index in [4.69, 9.17) is 10.5 Å². The van der Waals surface area contributed by atoms with E-state index in [1.807, 2.05) is 0 Å². The van der Waals surface area contributed by atoms with Crippen LogP contribution in [-0.4, -0.2) is 18.0 Å². The fourth-order valence-corrected chi connectivity index (χ4v) is 1.53. The van der Waals surface area contributed by atoms with Gasteiger partial charge in [-0.25, -0.2) is 9.37 Å². The molecule has 1 heterocycles. The van der Waals surface area contributed by atoms with E-state index in [2.05, 4.69) is 10.3 Å². The Labute approximate surface area is 109 Å². The van der Waals surface area contributed by atoms with Gasteiger partial charge in [-0.3, -0.25) is 4.79 Å². The highest BCUT2D eigenvalue weighted by atomic mass is 19.1. The second-order valence-corrected chi connectivity index (χ2v) is 3.75. The number of pyridine rings is 1. The number of nitrogens with one attached hydrogen (secondary N) is 1. The fourth-order valence-electron chi connectivity index (χ4n) is 1.53. The number of carbonyl (C=O) groups excluding carboxylic acids is 1. The first-order valence-corrected chi connectivity index (χ1v) is 5.47. The molecule has 0 aliphatic heterocycles. The maximum absolute atomic E-state index is 13.3. The van der Waals surface area contributed by atoms with E-state index in [1.54, 1.807) is 12.1 Å². The number of nitrogen functional groups attached to an aromatic ring is 1. The maximum atomic E-state index is 13.3. The monoisotopic (exact) mass is 261 g/mol. The second kappa shape index (κ2) is 5.34. The van der Waals surface area contributed by atoms with E-state index >= 15 is 0 Å². The molecule has 0 atom stereocenters. The van der Waals surface area contributed by atoms with Crippen LogP contribution in [0.1, 0.15) is 10.4 Å². The van der Waals surface area contributed by atoms with Gasteiger partial charge in [-0.2, -0.15) is 0 Å². The summed E-state index contributed by atoms with van der Waals surface area (Å²) in [6, 6.07) is 7.22. The molecule has 3 N–H and O–H groups in total. The molecule has 0 spiro atoms. The number of ether oxygens (including phenoxy) is 1. The Morgan fingerprint density at radius 2 is 2.21 bits per heavy atom. The summed E-state index contributed by atoms with van der Waals surface area (Å²) >= 11 is 0. The summed E-state index contributed by atoms with van der Waals surface area (Å²) in [5.74, 6) is -0.819. The van der Waals surface area contributed by atoms with Crippen LogP contribution < -0.4 is 15.8 Å². The highest BCUT2D eigenvalue weighted by Gasteiger charge is 2.13. The van der Waals surface area contributed by atoms with Crippen molar-refractivity contribution >= 4 is 17.3 Å². The molecule has 0 unspecified atom stereocenters. The lowest BCUT2D eigenvalue weighted by atomic mass is 10.2. The van der Waals surface area contributed by atoms with Crippen molar-refractivity contribution in [3.63, 3.8) is 0 Å². The van der Waals surface area contributed by atoms with Crippen molar-refractivity contribution in [2.75, 3.05) is 18.2 Å². The van der Waals surface area contributed by atoms with Crippen LogP contribution in [0.15, 0.2) is 36.5 Å². The Morgan fingerprint density at radius 1 is 1.42 bits per heavy atom. The van der Waals surface area contributed by atoms with Crippen molar-refractivity contribution in [1.29, 1.82) is 0 Å². The molecule has 2 rings (SSSR count). The van der Waals surface area contributed by atoms with E-state index in [0.717, 1.165) is 6.07 Å². The smallest absolute Gasteiger partial charge is 0.261 e. The van der Waals surface area contributed by atoms with Crippen LogP contribution in [0.2, 0.25) is 0 Å². The minimum absolute atomic E-state index is 0.0250. The third kappa shape index (κ3) is 2.79. The molecule has 0 radical (unpaired) electrons. The van der Waals surface area contributed by atoms with E-state index in [9.17, 15) is 9.18 Å². The number of anilines is 2. The summed E-state index contributed by atoms with van der Waals surface area (Å²) in [5, 5.41) is 2.55. The number of hydrogen-bond acceptors (Lipinski definition) is 4. The maximum Gasteiger partial charge on any atom is 0.261 e. The van der Waals surface area contributed by atoms with Crippen molar-refractivity contribution in [2.45, 2.75) is 0 Å². The van der Waals surface area contributed by atoms with Crippen molar-refractivity contribution in [2.24, 2.45) is 0 Å². The number of hydrogen-bond donors (Lipinski definition) is 2. The number of methoxy groups -OCH3 is 1. The molecule has 1 aromatic heterocycles. The zero-order valence-corrected chi connectivity index (χ0v) is 10.2. The largest absolute Gasteiger partial charge is 0.480 e. The summed E-state index contributed by atoms with van der Waals surface area (Å²) in [6.07, 6.45) is 1.51. The zero-order valence-electron chi connectivity index (χ0n) is 10.2. The standard InChI is InChI=1S/C13H12FN3O2/c1-19-13-9(3-2-6-16-13)12(18)17-8-4-5-11(15)10(14)7-8/h2-7H,15H2,1H3,(H,17,18). The summed E-state index contributed by atoms with van der Waals surface area (Å²) in [5.41, 5.74) is 5.96. The Morgan fingerprint density at radius 3 is 2.89 bits per heavy atom.